The van der Waals surface area contributed by atoms with Crippen molar-refractivity contribution < 1.29 is 4.92 Å². The number of aryl methyl sites for hydroxylation is 1. The van der Waals surface area contributed by atoms with E-state index >= 15 is 0 Å². The Kier molecular flexibility index (Phi) is 4.30. The molecule has 1 aromatic heterocycles. The van der Waals surface area contributed by atoms with E-state index in [1.807, 2.05) is 7.05 Å². The molecule has 0 saturated carbocycles. The number of nitro groups is 1. The number of rotatable bonds is 5. The van der Waals surface area contributed by atoms with Crippen LogP contribution in [-0.4, -0.2) is 26.2 Å². The van der Waals surface area contributed by atoms with Crippen LogP contribution in [0.1, 0.15) is 5.82 Å². The second-order valence-electron chi connectivity index (χ2n) is 3.93. The van der Waals surface area contributed by atoms with Crippen LogP contribution in [0.2, 0.25) is 0 Å². The second-order valence-corrected chi connectivity index (χ2v) is 5.09. The number of hydrogen-bond acceptors (Lipinski definition) is 5. The van der Waals surface area contributed by atoms with Gasteiger partial charge in [0, 0.05) is 41.4 Å². The lowest BCUT2D eigenvalue weighted by Crippen LogP contribution is -2.07. The minimum atomic E-state index is -0.399. The second kappa shape index (κ2) is 5.95. The van der Waals surface area contributed by atoms with E-state index in [9.17, 15) is 10.1 Å². The normalized spacial score (nSPS) is 10.4. The van der Waals surface area contributed by atoms with Crippen molar-refractivity contribution in [2.24, 2.45) is 7.05 Å². The van der Waals surface area contributed by atoms with Crippen molar-refractivity contribution in [2.45, 2.75) is 6.42 Å². The van der Waals surface area contributed by atoms with E-state index in [0.29, 0.717) is 13.0 Å². The van der Waals surface area contributed by atoms with Crippen LogP contribution in [0.5, 0.6) is 0 Å². The fourth-order valence-electron chi connectivity index (χ4n) is 1.57. The third kappa shape index (κ3) is 3.63. The van der Waals surface area contributed by atoms with E-state index < -0.39 is 4.92 Å². The van der Waals surface area contributed by atoms with E-state index in [1.165, 1.54) is 6.07 Å². The lowest BCUT2D eigenvalue weighted by Gasteiger charge is -2.07. The van der Waals surface area contributed by atoms with E-state index in [0.717, 1.165) is 15.1 Å². The number of anilines is 1. The topological polar surface area (TPSA) is 85.9 Å². The van der Waals surface area contributed by atoms with Crippen molar-refractivity contribution in [1.82, 2.24) is 14.8 Å². The predicted molar refractivity (Wildman–Crippen MR) is 79.0 cm³/mol. The summed E-state index contributed by atoms with van der Waals surface area (Å²) in [6, 6.07) is 4.75. The van der Waals surface area contributed by atoms with Gasteiger partial charge in [-0.15, -0.1) is 0 Å². The van der Waals surface area contributed by atoms with Crippen LogP contribution in [0.15, 0.2) is 24.5 Å². The average molecular weight is 373 g/mol. The largest absolute Gasteiger partial charge is 0.384 e. The Morgan fingerprint density at radius 2 is 2.32 bits per heavy atom. The van der Waals surface area contributed by atoms with Crippen LogP contribution in [0.25, 0.3) is 0 Å². The summed E-state index contributed by atoms with van der Waals surface area (Å²) in [5, 5.41) is 18.0. The summed E-state index contributed by atoms with van der Waals surface area (Å²) in [6.07, 6.45) is 2.36. The monoisotopic (exact) mass is 373 g/mol. The molecule has 0 bridgehead atoms. The third-order valence-electron chi connectivity index (χ3n) is 2.47. The van der Waals surface area contributed by atoms with Crippen molar-refractivity contribution in [2.75, 3.05) is 11.9 Å². The molecular formula is C11H12IN5O2. The quantitative estimate of drug-likeness (QED) is 0.492. The van der Waals surface area contributed by atoms with Gasteiger partial charge in [-0.3, -0.25) is 14.8 Å². The molecule has 2 aromatic rings. The van der Waals surface area contributed by atoms with Crippen molar-refractivity contribution in [3.8, 4) is 0 Å². The molecule has 0 aliphatic rings. The van der Waals surface area contributed by atoms with Crippen LogP contribution in [0.3, 0.4) is 0 Å². The molecule has 8 heteroatoms. The summed E-state index contributed by atoms with van der Waals surface area (Å²) in [5.41, 5.74) is 0.975. The molecule has 0 aliphatic heterocycles. The standard InChI is InChI=1S/C11H12IN5O2/c1-16-7-14-11(15-16)4-5-13-10-3-2-8(17(18)19)6-9(10)12/h2-3,6-7,13H,4-5H2,1H3. The van der Waals surface area contributed by atoms with Gasteiger partial charge in [-0.25, -0.2) is 4.98 Å². The summed E-state index contributed by atoms with van der Waals surface area (Å²) in [7, 11) is 1.82. The van der Waals surface area contributed by atoms with E-state index in [-0.39, 0.29) is 5.69 Å². The van der Waals surface area contributed by atoms with Crippen LogP contribution in [0, 0.1) is 13.7 Å². The van der Waals surface area contributed by atoms with Gasteiger partial charge in [-0.2, -0.15) is 5.10 Å². The van der Waals surface area contributed by atoms with Gasteiger partial charge in [0.15, 0.2) is 5.82 Å². The molecule has 100 valence electrons. The number of nitrogens with zero attached hydrogens (tertiary/aromatic N) is 4. The molecule has 0 saturated heterocycles. The van der Waals surface area contributed by atoms with Gasteiger partial charge in [0.05, 0.1) is 4.92 Å². The number of hydrogen-bond donors (Lipinski definition) is 1. The molecule has 0 radical (unpaired) electrons. The highest BCUT2D eigenvalue weighted by Crippen LogP contribution is 2.23. The van der Waals surface area contributed by atoms with E-state index in [4.69, 9.17) is 0 Å². The first-order valence-electron chi connectivity index (χ1n) is 5.58. The Hall–Kier alpha value is -1.71. The van der Waals surface area contributed by atoms with Crippen LogP contribution < -0.4 is 5.32 Å². The van der Waals surface area contributed by atoms with E-state index in [2.05, 4.69) is 38.0 Å². The molecular weight excluding hydrogens is 361 g/mol. The molecule has 0 unspecified atom stereocenters. The highest BCUT2D eigenvalue weighted by molar-refractivity contribution is 14.1. The van der Waals surface area contributed by atoms with Crippen molar-refractivity contribution in [3.05, 3.63) is 44.0 Å². The molecule has 0 fully saturated rings. The Morgan fingerprint density at radius 3 is 2.89 bits per heavy atom. The highest BCUT2D eigenvalue weighted by atomic mass is 127. The first kappa shape index (κ1) is 13.7. The molecule has 1 aromatic carbocycles. The first-order chi connectivity index (χ1) is 9.06. The summed E-state index contributed by atoms with van der Waals surface area (Å²) >= 11 is 2.08. The van der Waals surface area contributed by atoms with Crippen LogP contribution in [0.4, 0.5) is 11.4 Å². The molecule has 7 nitrogen and oxygen atoms in total. The van der Waals surface area contributed by atoms with Crippen LogP contribution in [-0.2, 0) is 13.5 Å². The predicted octanol–water partition coefficient (Wildman–Crippen LogP) is 1.98. The zero-order chi connectivity index (χ0) is 13.8. The Morgan fingerprint density at radius 1 is 1.53 bits per heavy atom. The van der Waals surface area contributed by atoms with Crippen molar-refractivity contribution in [1.29, 1.82) is 0 Å². The fraction of sp³-hybridized carbons (Fsp3) is 0.273. The summed E-state index contributed by atoms with van der Waals surface area (Å²) in [5.74, 6) is 0.770. The molecule has 1 heterocycles. The number of benzene rings is 1. The minimum Gasteiger partial charge on any atom is -0.384 e. The number of nitro benzene ring substituents is 1. The van der Waals surface area contributed by atoms with Gasteiger partial charge < -0.3 is 5.32 Å². The number of non-ortho nitro benzene ring substituents is 1. The molecule has 0 atom stereocenters. The SMILES string of the molecule is Cn1cnc(CCNc2ccc([N+](=O)[O-])cc2I)n1. The lowest BCUT2D eigenvalue weighted by atomic mass is 10.3. The summed E-state index contributed by atoms with van der Waals surface area (Å²) in [6.45, 7) is 0.678. The lowest BCUT2D eigenvalue weighted by molar-refractivity contribution is -0.384. The zero-order valence-electron chi connectivity index (χ0n) is 10.2. The van der Waals surface area contributed by atoms with Crippen LogP contribution >= 0.6 is 22.6 Å². The Balaban J connectivity index is 1.94. The summed E-state index contributed by atoms with van der Waals surface area (Å²) < 4.78 is 2.48. The van der Waals surface area contributed by atoms with Gasteiger partial charge >= 0.3 is 0 Å². The molecule has 0 aliphatic carbocycles. The number of nitrogens with one attached hydrogen (secondary N) is 1. The fourth-order valence-corrected chi connectivity index (χ4v) is 2.26. The van der Waals surface area contributed by atoms with Crippen molar-refractivity contribution in [3.63, 3.8) is 0 Å². The number of aromatic nitrogens is 3. The van der Waals surface area contributed by atoms with Gasteiger partial charge in [0.1, 0.15) is 6.33 Å². The average Bonchev–Trinajstić information content (AvgIpc) is 2.77. The van der Waals surface area contributed by atoms with Gasteiger partial charge in [-0.05, 0) is 28.7 Å². The molecule has 0 spiro atoms. The maximum atomic E-state index is 10.6. The maximum Gasteiger partial charge on any atom is 0.270 e. The number of halogens is 1. The Bertz CT molecular complexity index is 599. The Labute approximate surface area is 123 Å². The van der Waals surface area contributed by atoms with Crippen molar-refractivity contribution >= 4 is 34.0 Å². The smallest absolute Gasteiger partial charge is 0.270 e. The van der Waals surface area contributed by atoms with Gasteiger partial charge in [0.25, 0.3) is 5.69 Å². The molecule has 2 rings (SSSR count). The third-order valence-corrected chi connectivity index (χ3v) is 3.37. The first-order valence-corrected chi connectivity index (χ1v) is 6.66. The molecule has 1 N–H and O–H groups in total. The van der Waals surface area contributed by atoms with E-state index in [1.54, 1.807) is 23.1 Å². The van der Waals surface area contributed by atoms with Gasteiger partial charge in [0.2, 0.25) is 0 Å². The highest BCUT2D eigenvalue weighted by Gasteiger charge is 2.08. The summed E-state index contributed by atoms with van der Waals surface area (Å²) in [4.78, 5) is 14.4. The zero-order valence-corrected chi connectivity index (χ0v) is 12.4. The molecule has 0 amide bonds. The maximum absolute atomic E-state index is 10.6. The van der Waals surface area contributed by atoms with Gasteiger partial charge in [-0.1, -0.05) is 0 Å². The molecule has 19 heavy (non-hydrogen) atoms. The minimum absolute atomic E-state index is 0.0985.